The molecule has 0 saturated heterocycles. The van der Waals surface area contributed by atoms with Gasteiger partial charge in [-0.25, -0.2) is 4.79 Å². The lowest BCUT2D eigenvalue weighted by atomic mass is 10.1. The molecule has 140 valence electrons. The number of hydrogen-bond acceptors (Lipinski definition) is 5. The van der Waals surface area contributed by atoms with Crippen molar-refractivity contribution in [2.75, 3.05) is 6.61 Å². The van der Waals surface area contributed by atoms with Crippen LogP contribution in [0.2, 0.25) is 0 Å². The SMILES string of the molecule is CCOc1cc(/C=C2/C(=O)ON=C2C)cc(Br)c1OCc1ccc(C)cc1. The van der Waals surface area contributed by atoms with Gasteiger partial charge < -0.3 is 14.3 Å². The molecule has 6 heteroatoms. The van der Waals surface area contributed by atoms with E-state index < -0.39 is 5.97 Å². The van der Waals surface area contributed by atoms with Crippen LogP contribution < -0.4 is 9.47 Å². The van der Waals surface area contributed by atoms with Crippen molar-refractivity contribution in [3.05, 3.63) is 63.1 Å². The van der Waals surface area contributed by atoms with Crippen molar-refractivity contribution in [2.45, 2.75) is 27.4 Å². The second-order valence-corrected chi connectivity index (χ2v) is 7.01. The average Bonchev–Trinajstić information content (AvgIpc) is 2.95. The van der Waals surface area contributed by atoms with Crippen molar-refractivity contribution < 1.29 is 19.1 Å². The molecule has 0 aliphatic carbocycles. The summed E-state index contributed by atoms with van der Waals surface area (Å²) in [5.74, 6) is 0.770. The van der Waals surface area contributed by atoms with Crippen molar-refractivity contribution in [1.29, 1.82) is 0 Å². The number of hydrogen-bond donors (Lipinski definition) is 0. The van der Waals surface area contributed by atoms with E-state index in [4.69, 9.17) is 14.3 Å². The Hall–Kier alpha value is -2.60. The zero-order valence-electron chi connectivity index (χ0n) is 15.4. The first-order valence-electron chi connectivity index (χ1n) is 8.60. The van der Waals surface area contributed by atoms with Gasteiger partial charge in [0.2, 0.25) is 0 Å². The molecule has 1 heterocycles. The zero-order valence-corrected chi connectivity index (χ0v) is 17.0. The van der Waals surface area contributed by atoms with Crippen LogP contribution in [-0.2, 0) is 16.2 Å². The van der Waals surface area contributed by atoms with Gasteiger partial charge in [0.1, 0.15) is 6.61 Å². The highest BCUT2D eigenvalue weighted by molar-refractivity contribution is 9.10. The first-order valence-corrected chi connectivity index (χ1v) is 9.40. The van der Waals surface area contributed by atoms with Crippen LogP contribution >= 0.6 is 15.9 Å². The molecule has 0 radical (unpaired) electrons. The van der Waals surface area contributed by atoms with Crippen molar-refractivity contribution in [1.82, 2.24) is 0 Å². The lowest BCUT2D eigenvalue weighted by Gasteiger charge is -2.15. The summed E-state index contributed by atoms with van der Waals surface area (Å²) in [6.45, 7) is 6.61. The topological polar surface area (TPSA) is 57.1 Å². The van der Waals surface area contributed by atoms with Gasteiger partial charge >= 0.3 is 5.97 Å². The van der Waals surface area contributed by atoms with E-state index in [2.05, 4.69) is 33.2 Å². The first-order chi connectivity index (χ1) is 13.0. The van der Waals surface area contributed by atoms with E-state index >= 15 is 0 Å². The van der Waals surface area contributed by atoms with Gasteiger partial charge in [-0.3, -0.25) is 0 Å². The standard InChI is InChI=1S/C21H20BrNO4/c1-4-25-19-11-16(9-17-14(3)23-27-21(17)24)10-18(22)20(19)26-12-15-7-5-13(2)6-8-15/h5-11H,4,12H2,1-3H3/b17-9+. The maximum Gasteiger partial charge on any atom is 0.367 e. The Morgan fingerprint density at radius 2 is 1.89 bits per heavy atom. The van der Waals surface area contributed by atoms with Gasteiger partial charge in [-0.1, -0.05) is 35.0 Å². The van der Waals surface area contributed by atoms with Gasteiger partial charge in [0, 0.05) is 0 Å². The van der Waals surface area contributed by atoms with Crippen LogP contribution in [0.5, 0.6) is 11.5 Å². The molecule has 27 heavy (non-hydrogen) atoms. The summed E-state index contributed by atoms with van der Waals surface area (Å²) in [4.78, 5) is 16.5. The van der Waals surface area contributed by atoms with Crippen molar-refractivity contribution >= 4 is 33.7 Å². The molecule has 0 bridgehead atoms. The molecule has 3 rings (SSSR count). The van der Waals surface area contributed by atoms with E-state index in [0.717, 1.165) is 15.6 Å². The lowest BCUT2D eigenvalue weighted by Crippen LogP contribution is -2.03. The molecule has 1 aliphatic heterocycles. The van der Waals surface area contributed by atoms with E-state index in [0.29, 0.717) is 36.0 Å². The molecule has 2 aromatic carbocycles. The Kier molecular flexibility index (Phi) is 5.96. The number of aryl methyl sites for hydroxylation is 1. The fraction of sp³-hybridized carbons (Fsp3) is 0.238. The molecule has 0 amide bonds. The predicted molar refractivity (Wildman–Crippen MR) is 108 cm³/mol. The second-order valence-electron chi connectivity index (χ2n) is 6.15. The Labute approximate surface area is 166 Å². The number of rotatable bonds is 6. The Morgan fingerprint density at radius 3 is 2.52 bits per heavy atom. The second kappa shape index (κ2) is 8.39. The van der Waals surface area contributed by atoms with E-state index in [1.807, 2.05) is 38.1 Å². The van der Waals surface area contributed by atoms with Crippen LogP contribution in [-0.4, -0.2) is 18.3 Å². The fourth-order valence-corrected chi connectivity index (χ4v) is 3.17. The maximum absolute atomic E-state index is 11.8. The normalized spacial score (nSPS) is 14.9. The monoisotopic (exact) mass is 429 g/mol. The van der Waals surface area contributed by atoms with Crippen molar-refractivity contribution in [2.24, 2.45) is 5.16 Å². The molecule has 0 N–H and O–H groups in total. The average molecular weight is 430 g/mol. The lowest BCUT2D eigenvalue weighted by molar-refractivity contribution is -0.136. The molecular formula is C21H20BrNO4. The summed E-state index contributed by atoms with van der Waals surface area (Å²) in [6, 6.07) is 11.9. The van der Waals surface area contributed by atoms with E-state index in [1.165, 1.54) is 5.56 Å². The molecule has 0 unspecified atom stereocenters. The van der Waals surface area contributed by atoms with Crippen LogP contribution in [0.4, 0.5) is 0 Å². The third-order valence-corrected chi connectivity index (χ3v) is 4.61. The highest BCUT2D eigenvalue weighted by Crippen LogP contribution is 2.38. The number of oxime groups is 1. The molecule has 0 atom stereocenters. The number of ether oxygens (including phenoxy) is 2. The van der Waals surface area contributed by atoms with Gasteiger partial charge in [-0.15, -0.1) is 0 Å². The number of carbonyl (C=O) groups excluding carboxylic acids is 1. The summed E-state index contributed by atoms with van der Waals surface area (Å²) in [7, 11) is 0. The highest BCUT2D eigenvalue weighted by Gasteiger charge is 2.22. The maximum atomic E-state index is 11.8. The van der Waals surface area contributed by atoms with E-state index in [-0.39, 0.29) is 0 Å². The molecule has 0 spiro atoms. The minimum atomic E-state index is -0.457. The van der Waals surface area contributed by atoms with Crippen molar-refractivity contribution in [3.63, 3.8) is 0 Å². The fourth-order valence-electron chi connectivity index (χ4n) is 2.60. The molecule has 0 saturated carbocycles. The molecule has 0 fully saturated rings. The quantitative estimate of drug-likeness (QED) is 0.476. The first kappa shape index (κ1) is 19.2. The van der Waals surface area contributed by atoms with Crippen LogP contribution in [0, 0.1) is 6.92 Å². The van der Waals surface area contributed by atoms with E-state index in [9.17, 15) is 4.79 Å². The van der Waals surface area contributed by atoms with Crippen molar-refractivity contribution in [3.8, 4) is 11.5 Å². The summed E-state index contributed by atoms with van der Waals surface area (Å²) in [6.07, 6.45) is 1.73. The molecule has 5 nitrogen and oxygen atoms in total. The van der Waals surface area contributed by atoms with Gasteiger partial charge in [0.25, 0.3) is 0 Å². The van der Waals surface area contributed by atoms with Gasteiger partial charge in [0.05, 0.1) is 22.4 Å². The number of carbonyl (C=O) groups is 1. The van der Waals surface area contributed by atoms with Gasteiger partial charge in [0.15, 0.2) is 11.5 Å². The molecule has 1 aliphatic rings. The number of halogens is 1. The molecule has 0 aromatic heterocycles. The van der Waals surface area contributed by atoms with Gasteiger partial charge in [-0.2, -0.15) is 0 Å². The minimum absolute atomic E-state index is 0.428. The molecular weight excluding hydrogens is 410 g/mol. The van der Waals surface area contributed by atoms with Gasteiger partial charge in [-0.05, 0) is 66.0 Å². The summed E-state index contributed by atoms with van der Waals surface area (Å²) in [5, 5.41) is 3.69. The predicted octanol–water partition coefficient (Wildman–Crippen LogP) is 5.05. The largest absolute Gasteiger partial charge is 0.490 e. The summed E-state index contributed by atoms with van der Waals surface area (Å²) in [5.41, 5.74) is 4.04. The Balaban J connectivity index is 1.88. The Morgan fingerprint density at radius 1 is 1.15 bits per heavy atom. The smallest absolute Gasteiger partial charge is 0.367 e. The van der Waals surface area contributed by atoms with E-state index in [1.54, 1.807) is 13.0 Å². The van der Waals surface area contributed by atoms with Crippen LogP contribution in [0.15, 0.2) is 51.6 Å². The third-order valence-electron chi connectivity index (χ3n) is 4.02. The number of nitrogens with zero attached hydrogens (tertiary/aromatic N) is 1. The Bertz CT molecular complexity index is 917. The number of benzene rings is 2. The van der Waals surface area contributed by atoms with Crippen LogP contribution in [0.3, 0.4) is 0 Å². The highest BCUT2D eigenvalue weighted by atomic mass is 79.9. The van der Waals surface area contributed by atoms with Crippen LogP contribution in [0.25, 0.3) is 6.08 Å². The minimum Gasteiger partial charge on any atom is -0.490 e. The summed E-state index contributed by atoms with van der Waals surface area (Å²) < 4.78 is 12.5. The zero-order chi connectivity index (χ0) is 19.4. The third kappa shape index (κ3) is 4.57. The van der Waals surface area contributed by atoms with Crippen LogP contribution in [0.1, 0.15) is 30.5 Å². The summed E-state index contributed by atoms with van der Waals surface area (Å²) >= 11 is 3.55. The molecule has 2 aromatic rings.